The Balaban J connectivity index is 1.62. The molecular weight excluding hydrogens is 386 g/mol. The summed E-state index contributed by atoms with van der Waals surface area (Å²) in [5.74, 6) is -0.486. The van der Waals surface area contributed by atoms with Gasteiger partial charge in [-0.05, 0) is 29.0 Å². The Morgan fingerprint density at radius 3 is 2.84 bits per heavy atom. The first-order chi connectivity index (χ1) is 11.9. The molecule has 1 saturated heterocycles. The fourth-order valence-corrected chi connectivity index (χ4v) is 5.78. The lowest BCUT2D eigenvalue weighted by Crippen LogP contribution is -2.41. The molecule has 25 heavy (non-hydrogen) atoms. The number of thioether (sulfide) groups is 1. The van der Waals surface area contributed by atoms with Crippen LogP contribution in [0.4, 0.5) is 0 Å². The largest absolute Gasteiger partial charge is 0.350 e. The zero-order chi connectivity index (χ0) is 18.0. The number of benzene rings is 1. The molecule has 0 bridgehead atoms. The van der Waals surface area contributed by atoms with Gasteiger partial charge in [0, 0.05) is 0 Å². The summed E-state index contributed by atoms with van der Waals surface area (Å²) >= 11 is 7.16. The SMILES string of the molecule is Cc1ccccc1-n1nnnc1SCC(=O)N[C@H]1CS(=O)(=O)C[C@@H]1Cl. The zero-order valence-electron chi connectivity index (χ0n) is 13.3. The quantitative estimate of drug-likeness (QED) is 0.576. The number of tetrazole rings is 1. The molecule has 1 amide bonds. The van der Waals surface area contributed by atoms with E-state index in [1.807, 2.05) is 31.2 Å². The number of nitrogens with one attached hydrogen (secondary N) is 1. The van der Waals surface area contributed by atoms with Gasteiger partial charge >= 0.3 is 0 Å². The fraction of sp³-hybridized carbons (Fsp3) is 0.429. The maximum Gasteiger partial charge on any atom is 0.230 e. The molecular formula is C14H16ClN5O3S2. The molecule has 2 atom stereocenters. The number of carbonyl (C=O) groups is 1. The summed E-state index contributed by atoms with van der Waals surface area (Å²) in [6, 6.07) is 7.07. The number of amides is 1. The number of hydrogen-bond donors (Lipinski definition) is 1. The maximum absolute atomic E-state index is 12.1. The highest BCUT2D eigenvalue weighted by Crippen LogP contribution is 2.21. The highest BCUT2D eigenvalue weighted by molar-refractivity contribution is 7.99. The standard InChI is InChI=1S/C14H16ClN5O3S2/c1-9-4-2-3-5-12(9)20-14(17-18-19-20)24-6-13(21)16-11-8-25(22,23)7-10(11)15/h2-5,10-11H,6-8H2,1H3,(H,16,21)/t10-,11-/m0/s1. The first-order valence-corrected chi connectivity index (χ1v) is 10.7. The van der Waals surface area contributed by atoms with Crippen LogP contribution in [0.3, 0.4) is 0 Å². The molecule has 8 nitrogen and oxygen atoms in total. The van der Waals surface area contributed by atoms with Gasteiger partial charge in [0.25, 0.3) is 0 Å². The van der Waals surface area contributed by atoms with Crippen molar-refractivity contribution in [2.24, 2.45) is 0 Å². The van der Waals surface area contributed by atoms with Gasteiger partial charge in [-0.3, -0.25) is 4.79 Å². The number of para-hydroxylation sites is 1. The lowest BCUT2D eigenvalue weighted by Gasteiger charge is -2.14. The van der Waals surface area contributed by atoms with Crippen LogP contribution in [-0.2, 0) is 14.6 Å². The minimum atomic E-state index is -3.19. The predicted molar refractivity (Wildman–Crippen MR) is 94.8 cm³/mol. The highest BCUT2D eigenvalue weighted by Gasteiger charge is 2.37. The van der Waals surface area contributed by atoms with Crippen molar-refractivity contribution < 1.29 is 13.2 Å². The van der Waals surface area contributed by atoms with Crippen LogP contribution in [0, 0.1) is 6.92 Å². The Labute approximate surface area is 154 Å². The molecule has 11 heteroatoms. The van der Waals surface area contributed by atoms with Crippen LogP contribution in [0.5, 0.6) is 0 Å². The summed E-state index contributed by atoms with van der Waals surface area (Å²) in [4.78, 5) is 12.1. The number of nitrogens with zero attached hydrogens (tertiary/aromatic N) is 4. The number of carbonyl (C=O) groups excluding carboxylic acids is 1. The Morgan fingerprint density at radius 1 is 1.40 bits per heavy atom. The Morgan fingerprint density at radius 2 is 2.16 bits per heavy atom. The van der Waals surface area contributed by atoms with E-state index in [0.29, 0.717) is 5.16 Å². The van der Waals surface area contributed by atoms with Crippen molar-refractivity contribution >= 4 is 39.1 Å². The molecule has 1 aromatic carbocycles. The van der Waals surface area contributed by atoms with Crippen LogP contribution in [-0.4, -0.2) is 63.2 Å². The van der Waals surface area contributed by atoms with E-state index >= 15 is 0 Å². The van der Waals surface area contributed by atoms with Gasteiger partial charge in [0.05, 0.1) is 34.4 Å². The van der Waals surface area contributed by atoms with Gasteiger partial charge in [-0.2, -0.15) is 4.68 Å². The van der Waals surface area contributed by atoms with Crippen LogP contribution in [0.15, 0.2) is 29.4 Å². The van der Waals surface area contributed by atoms with Crippen LogP contribution in [0.2, 0.25) is 0 Å². The van der Waals surface area contributed by atoms with Gasteiger partial charge in [0.1, 0.15) is 0 Å². The molecule has 134 valence electrons. The molecule has 1 fully saturated rings. The van der Waals surface area contributed by atoms with Crippen molar-refractivity contribution in [1.82, 2.24) is 25.5 Å². The van der Waals surface area contributed by atoms with E-state index in [0.717, 1.165) is 11.3 Å². The topological polar surface area (TPSA) is 107 Å². The zero-order valence-corrected chi connectivity index (χ0v) is 15.7. The molecule has 1 aliphatic heterocycles. The second-order valence-electron chi connectivity index (χ2n) is 5.72. The predicted octanol–water partition coefficient (Wildman–Crippen LogP) is 0.583. The van der Waals surface area contributed by atoms with Gasteiger partial charge in [0.15, 0.2) is 9.84 Å². The summed E-state index contributed by atoms with van der Waals surface area (Å²) in [7, 11) is -3.19. The molecule has 0 aliphatic carbocycles. The first kappa shape index (κ1) is 18.2. The van der Waals surface area contributed by atoms with Gasteiger partial charge in [-0.15, -0.1) is 16.7 Å². The van der Waals surface area contributed by atoms with Crippen LogP contribution in [0.1, 0.15) is 5.56 Å². The van der Waals surface area contributed by atoms with E-state index in [9.17, 15) is 13.2 Å². The van der Waals surface area contributed by atoms with Crippen LogP contribution in [0.25, 0.3) is 5.69 Å². The van der Waals surface area contributed by atoms with Gasteiger partial charge in [-0.1, -0.05) is 30.0 Å². The molecule has 0 saturated carbocycles. The van der Waals surface area contributed by atoms with Crippen molar-refractivity contribution in [1.29, 1.82) is 0 Å². The van der Waals surface area contributed by atoms with Crippen molar-refractivity contribution in [3.05, 3.63) is 29.8 Å². The monoisotopic (exact) mass is 401 g/mol. The molecule has 1 N–H and O–H groups in total. The smallest absolute Gasteiger partial charge is 0.230 e. The number of halogens is 1. The average molecular weight is 402 g/mol. The molecule has 1 aliphatic rings. The van der Waals surface area contributed by atoms with E-state index in [-0.39, 0.29) is 23.2 Å². The Bertz CT molecular complexity index is 886. The molecule has 0 unspecified atom stereocenters. The summed E-state index contributed by atoms with van der Waals surface area (Å²) in [6.45, 7) is 1.94. The summed E-state index contributed by atoms with van der Waals surface area (Å²) in [5, 5.41) is 14.1. The van der Waals surface area contributed by atoms with Crippen molar-refractivity contribution in [3.63, 3.8) is 0 Å². The normalized spacial score (nSPS) is 22.0. The Kier molecular flexibility index (Phi) is 5.30. The second kappa shape index (κ2) is 7.30. The minimum absolute atomic E-state index is 0.0619. The molecule has 3 rings (SSSR count). The van der Waals surface area contributed by atoms with E-state index < -0.39 is 21.3 Å². The summed E-state index contributed by atoms with van der Waals surface area (Å²) < 4.78 is 24.6. The number of hydrogen-bond acceptors (Lipinski definition) is 7. The van der Waals surface area contributed by atoms with Gasteiger partial charge in [0.2, 0.25) is 11.1 Å². The van der Waals surface area contributed by atoms with Gasteiger partial charge < -0.3 is 5.32 Å². The molecule has 1 aromatic heterocycles. The fourth-order valence-electron chi connectivity index (χ4n) is 2.54. The third-order valence-corrected chi connectivity index (χ3v) is 7.04. The highest BCUT2D eigenvalue weighted by atomic mass is 35.5. The van der Waals surface area contributed by atoms with Crippen LogP contribution >= 0.6 is 23.4 Å². The lowest BCUT2D eigenvalue weighted by molar-refractivity contribution is -0.119. The molecule has 0 spiro atoms. The van der Waals surface area contributed by atoms with E-state index in [4.69, 9.17) is 11.6 Å². The third-order valence-electron chi connectivity index (χ3n) is 3.75. The number of aromatic nitrogens is 4. The van der Waals surface area contributed by atoms with E-state index in [1.54, 1.807) is 4.68 Å². The second-order valence-corrected chi connectivity index (χ2v) is 9.37. The summed E-state index contributed by atoms with van der Waals surface area (Å²) in [5.41, 5.74) is 1.83. The number of alkyl halides is 1. The lowest BCUT2D eigenvalue weighted by atomic mass is 10.2. The maximum atomic E-state index is 12.1. The van der Waals surface area contributed by atoms with Crippen LogP contribution < -0.4 is 5.32 Å². The van der Waals surface area contributed by atoms with Gasteiger partial charge in [-0.25, -0.2) is 8.42 Å². The minimum Gasteiger partial charge on any atom is -0.350 e. The Hall–Kier alpha value is -1.65. The van der Waals surface area contributed by atoms with Crippen molar-refractivity contribution in [2.75, 3.05) is 17.3 Å². The van der Waals surface area contributed by atoms with Crippen molar-refractivity contribution in [2.45, 2.75) is 23.5 Å². The number of aryl methyl sites for hydroxylation is 1. The molecule has 2 heterocycles. The first-order valence-electron chi connectivity index (χ1n) is 7.47. The molecule has 0 radical (unpaired) electrons. The number of sulfone groups is 1. The average Bonchev–Trinajstić information content (AvgIpc) is 3.09. The third kappa shape index (κ3) is 4.31. The number of rotatable bonds is 5. The van der Waals surface area contributed by atoms with E-state index in [2.05, 4.69) is 20.8 Å². The summed E-state index contributed by atoms with van der Waals surface area (Å²) in [6.07, 6.45) is 0. The van der Waals surface area contributed by atoms with E-state index in [1.165, 1.54) is 11.8 Å². The molecule has 2 aromatic rings. The van der Waals surface area contributed by atoms with Crippen molar-refractivity contribution in [3.8, 4) is 5.69 Å².